The van der Waals surface area contributed by atoms with Crippen LogP contribution in [-0.4, -0.2) is 61.0 Å². The van der Waals surface area contributed by atoms with Gasteiger partial charge in [-0.2, -0.15) is 0 Å². The average molecular weight is 364 g/mol. The molecule has 5 heteroatoms. The number of nitrogens with zero attached hydrogens (tertiary/aromatic N) is 3. The van der Waals surface area contributed by atoms with Gasteiger partial charge >= 0.3 is 0 Å². The topological polar surface area (TPSA) is 48.5 Å². The van der Waals surface area contributed by atoms with E-state index >= 15 is 0 Å². The maximum Gasteiger partial charge on any atom is 0.253 e. The molecule has 0 bridgehead atoms. The highest BCUT2D eigenvalue weighted by atomic mass is 16.2. The summed E-state index contributed by atoms with van der Waals surface area (Å²) in [5.41, 5.74) is 3.55. The van der Waals surface area contributed by atoms with Gasteiger partial charge < -0.3 is 15.1 Å². The molecule has 2 aromatic carbocycles. The smallest absolute Gasteiger partial charge is 0.253 e. The zero-order valence-electron chi connectivity index (χ0n) is 16.6. The van der Waals surface area contributed by atoms with Crippen molar-refractivity contribution in [1.29, 1.82) is 0 Å². The summed E-state index contributed by atoms with van der Waals surface area (Å²) in [6.45, 7) is 7.20. The highest BCUT2D eigenvalue weighted by Gasteiger charge is 2.15. The Morgan fingerprint density at radius 3 is 2.41 bits per heavy atom. The number of carbonyl (C=O) groups is 1. The van der Waals surface area contributed by atoms with Gasteiger partial charge in [0.05, 0.1) is 16.7 Å². The van der Waals surface area contributed by atoms with Gasteiger partial charge in [-0.05, 0) is 52.2 Å². The van der Waals surface area contributed by atoms with Gasteiger partial charge in [0.25, 0.3) is 5.91 Å². The van der Waals surface area contributed by atoms with E-state index in [2.05, 4.69) is 30.4 Å². The van der Waals surface area contributed by atoms with Crippen LogP contribution in [-0.2, 0) is 0 Å². The summed E-state index contributed by atoms with van der Waals surface area (Å²) < 4.78 is 0. The lowest BCUT2D eigenvalue weighted by atomic mass is 10.0. The number of anilines is 1. The number of carbonyl (C=O) groups excluding carboxylic acids is 1. The van der Waals surface area contributed by atoms with Crippen LogP contribution in [0.15, 0.2) is 42.5 Å². The number of hydrogen-bond donors (Lipinski definition) is 1. The predicted octanol–water partition coefficient (Wildman–Crippen LogP) is 3.84. The normalized spacial score (nSPS) is 11.3. The number of aromatic nitrogens is 1. The monoisotopic (exact) mass is 364 g/mol. The van der Waals surface area contributed by atoms with Crippen LogP contribution in [0.5, 0.6) is 0 Å². The molecule has 0 radical (unpaired) electrons. The summed E-state index contributed by atoms with van der Waals surface area (Å²) in [6.07, 6.45) is 0. The van der Waals surface area contributed by atoms with Crippen LogP contribution in [0.2, 0.25) is 0 Å². The standard InChI is InChI=1S/C22H28N4O/c1-5-26(6-2)22(27)16-11-12-18-20(15-16)24-19-10-8-7-9-17(19)21(18)23-13-14-25(3)4/h7-12,15H,5-6,13-14H2,1-4H3,(H,23,24). The Hall–Kier alpha value is -2.66. The van der Waals surface area contributed by atoms with Crippen molar-refractivity contribution < 1.29 is 4.79 Å². The van der Waals surface area contributed by atoms with Crippen molar-refractivity contribution in [3.05, 3.63) is 48.0 Å². The van der Waals surface area contributed by atoms with Crippen molar-refractivity contribution >= 4 is 33.4 Å². The molecule has 0 aliphatic rings. The number of likely N-dealkylation sites (N-methyl/N-ethyl adjacent to an activating group) is 1. The number of fused-ring (bicyclic) bond motifs is 2. The Balaban J connectivity index is 2.09. The molecule has 5 nitrogen and oxygen atoms in total. The minimum atomic E-state index is 0.0546. The molecule has 1 aromatic heterocycles. The second-order valence-electron chi connectivity index (χ2n) is 6.94. The first-order valence-corrected chi connectivity index (χ1v) is 9.55. The van der Waals surface area contributed by atoms with Crippen LogP contribution in [0.1, 0.15) is 24.2 Å². The number of para-hydroxylation sites is 1. The molecule has 1 N–H and O–H groups in total. The Bertz CT molecular complexity index is 948. The van der Waals surface area contributed by atoms with E-state index in [1.807, 2.05) is 55.1 Å². The molecule has 0 saturated carbocycles. The van der Waals surface area contributed by atoms with E-state index in [1.165, 1.54) is 0 Å². The van der Waals surface area contributed by atoms with E-state index in [-0.39, 0.29) is 5.91 Å². The van der Waals surface area contributed by atoms with Crippen molar-refractivity contribution in [1.82, 2.24) is 14.8 Å². The van der Waals surface area contributed by atoms with Crippen molar-refractivity contribution in [3.8, 4) is 0 Å². The summed E-state index contributed by atoms with van der Waals surface area (Å²) in [6, 6.07) is 14.0. The molecule has 0 fully saturated rings. The molecule has 0 unspecified atom stereocenters. The molecule has 0 aliphatic heterocycles. The predicted molar refractivity (Wildman–Crippen MR) is 114 cm³/mol. The zero-order chi connectivity index (χ0) is 19.4. The molecule has 0 aliphatic carbocycles. The number of pyridine rings is 1. The van der Waals surface area contributed by atoms with Crippen LogP contribution >= 0.6 is 0 Å². The van der Waals surface area contributed by atoms with Gasteiger partial charge in [0, 0.05) is 42.5 Å². The lowest BCUT2D eigenvalue weighted by molar-refractivity contribution is 0.0773. The third kappa shape index (κ3) is 4.03. The number of rotatable bonds is 7. The van der Waals surface area contributed by atoms with E-state index < -0.39 is 0 Å². The summed E-state index contributed by atoms with van der Waals surface area (Å²) in [7, 11) is 4.13. The number of hydrogen-bond acceptors (Lipinski definition) is 4. The van der Waals surface area contributed by atoms with Crippen molar-refractivity contribution in [2.45, 2.75) is 13.8 Å². The largest absolute Gasteiger partial charge is 0.383 e. The van der Waals surface area contributed by atoms with Crippen LogP contribution < -0.4 is 5.32 Å². The fourth-order valence-electron chi connectivity index (χ4n) is 3.31. The van der Waals surface area contributed by atoms with Gasteiger partial charge in [0.2, 0.25) is 0 Å². The molecule has 0 atom stereocenters. The molecule has 3 aromatic rings. The second kappa shape index (κ2) is 8.35. The molecule has 0 spiro atoms. The van der Waals surface area contributed by atoms with Gasteiger partial charge in [0.1, 0.15) is 0 Å². The van der Waals surface area contributed by atoms with Gasteiger partial charge in [-0.1, -0.05) is 18.2 Å². The second-order valence-corrected chi connectivity index (χ2v) is 6.94. The van der Waals surface area contributed by atoms with E-state index in [0.29, 0.717) is 18.7 Å². The number of benzene rings is 2. The minimum absolute atomic E-state index is 0.0546. The first kappa shape index (κ1) is 19.1. The fourth-order valence-corrected chi connectivity index (χ4v) is 3.31. The zero-order valence-corrected chi connectivity index (χ0v) is 16.6. The summed E-state index contributed by atoms with van der Waals surface area (Å²) >= 11 is 0. The molecular weight excluding hydrogens is 336 g/mol. The average Bonchev–Trinajstić information content (AvgIpc) is 2.67. The van der Waals surface area contributed by atoms with E-state index in [9.17, 15) is 4.79 Å². The molecule has 27 heavy (non-hydrogen) atoms. The molecule has 1 amide bonds. The van der Waals surface area contributed by atoms with Gasteiger partial charge in [0.15, 0.2) is 0 Å². The summed E-state index contributed by atoms with van der Waals surface area (Å²) in [4.78, 5) is 21.5. The first-order chi connectivity index (χ1) is 13.0. The quantitative estimate of drug-likeness (QED) is 0.647. The van der Waals surface area contributed by atoms with Crippen LogP contribution in [0.4, 0.5) is 5.69 Å². The van der Waals surface area contributed by atoms with E-state index in [4.69, 9.17) is 4.98 Å². The number of nitrogens with one attached hydrogen (secondary N) is 1. The molecule has 142 valence electrons. The summed E-state index contributed by atoms with van der Waals surface area (Å²) in [5, 5.41) is 5.73. The minimum Gasteiger partial charge on any atom is -0.383 e. The molecule has 1 heterocycles. The van der Waals surface area contributed by atoms with Gasteiger partial charge in [-0.15, -0.1) is 0 Å². The lowest BCUT2D eigenvalue weighted by Crippen LogP contribution is -2.30. The van der Waals surface area contributed by atoms with E-state index in [0.717, 1.165) is 40.6 Å². The Labute approximate surface area is 161 Å². The van der Waals surface area contributed by atoms with Gasteiger partial charge in [-0.3, -0.25) is 4.79 Å². The first-order valence-electron chi connectivity index (χ1n) is 9.55. The third-order valence-corrected chi connectivity index (χ3v) is 4.84. The van der Waals surface area contributed by atoms with Crippen molar-refractivity contribution in [3.63, 3.8) is 0 Å². The molecular formula is C22H28N4O. The Morgan fingerprint density at radius 1 is 1.00 bits per heavy atom. The maximum atomic E-state index is 12.7. The molecule has 3 rings (SSSR count). The SMILES string of the molecule is CCN(CC)C(=O)c1ccc2c(NCCN(C)C)c3ccccc3nc2c1. The van der Waals surface area contributed by atoms with Crippen molar-refractivity contribution in [2.75, 3.05) is 45.6 Å². The fraction of sp³-hybridized carbons (Fsp3) is 0.364. The van der Waals surface area contributed by atoms with Crippen LogP contribution in [0.25, 0.3) is 21.8 Å². The van der Waals surface area contributed by atoms with E-state index in [1.54, 1.807) is 0 Å². The third-order valence-electron chi connectivity index (χ3n) is 4.84. The van der Waals surface area contributed by atoms with Crippen LogP contribution in [0, 0.1) is 0 Å². The Kier molecular flexibility index (Phi) is 5.91. The Morgan fingerprint density at radius 2 is 1.70 bits per heavy atom. The van der Waals surface area contributed by atoms with Crippen LogP contribution in [0.3, 0.4) is 0 Å². The molecule has 0 saturated heterocycles. The lowest BCUT2D eigenvalue weighted by Gasteiger charge is -2.19. The highest BCUT2D eigenvalue weighted by Crippen LogP contribution is 2.31. The van der Waals surface area contributed by atoms with Crippen molar-refractivity contribution in [2.24, 2.45) is 0 Å². The maximum absolute atomic E-state index is 12.7. The van der Waals surface area contributed by atoms with Gasteiger partial charge in [-0.25, -0.2) is 4.98 Å². The summed E-state index contributed by atoms with van der Waals surface area (Å²) in [5.74, 6) is 0.0546. The number of amides is 1. The highest BCUT2D eigenvalue weighted by molar-refractivity contribution is 6.09.